The second kappa shape index (κ2) is 6.29. The molecular formula is C14H10BrFN2O2. The zero-order valence-corrected chi connectivity index (χ0v) is 11.8. The van der Waals surface area contributed by atoms with Crippen LogP contribution in [-0.4, -0.2) is 10.9 Å². The van der Waals surface area contributed by atoms with E-state index in [9.17, 15) is 14.0 Å². The SMILES string of the molecule is O=C(/C=C/c1ccccc1F)Nc1cc(Br)c[nH]c1=O. The van der Waals surface area contributed by atoms with E-state index < -0.39 is 17.3 Å². The smallest absolute Gasteiger partial charge is 0.271 e. The van der Waals surface area contributed by atoms with Crippen molar-refractivity contribution in [1.82, 2.24) is 4.98 Å². The number of H-pyrrole nitrogens is 1. The van der Waals surface area contributed by atoms with Gasteiger partial charge in [-0.1, -0.05) is 18.2 Å². The van der Waals surface area contributed by atoms with E-state index in [-0.39, 0.29) is 5.69 Å². The molecule has 0 spiro atoms. The van der Waals surface area contributed by atoms with Gasteiger partial charge in [-0.05, 0) is 34.1 Å². The highest BCUT2D eigenvalue weighted by atomic mass is 79.9. The first-order valence-corrected chi connectivity index (χ1v) is 6.47. The van der Waals surface area contributed by atoms with Crippen LogP contribution in [0.1, 0.15) is 5.56 Å². The number of amides is 1. The first kappa shape index (κ1) is 14.2. The largest absolute Gasteiger partial charge is 0.326 e. The molecular weight excluding hydrogens is 327 g/mol. The summed E-state index contributed by atoms with van der Waals surface area (Å²) in [5, 5.41) is 2.42. The van der Waals surface area contributed by atoms with Crippen molar-refractivity contribution in [3.63, 3.8) is 0 Å². The van der Waals surface area contributed by atoms with E-state index in [0.717, 1.165) is 0 Å². The van der Waals surface area contributed by atoms with Crippen LogP contribution in [0.15, 0.2) is 51.9 Å². The van der Waals surface area contributed by atoms with Crippen LogP contribution in [0.4, 0.5) is 10.1 Å². The molecule has 1 heterocycles. The number of hydrogen-bond donors (Lipinski definition) is 2. The molecule has 1 aromatic carbocycles. The summed E-state index contributed by atoms with van der Waals surface area (Å²) in [6, 6.07) is 7.56. The number of pyridine rings is 1. The van der Waals surface area contributed by atoms with Crippen LogP contribution in [0, 0.1) is 5.82 Å². The van der Waals surface area contributed by atoms with Gasteiger partial charge in [-0.3, -0.25) is 9.59 Å². The molecule has 102 valence electrons. The first-order chi connectivity index (χ1) is 9.56. The van der Waals surface area contributed by atoms with Crippen molar-refractivity contribution in [2.75, 3.05) is 5.32 Å². The first-order valence-electron chi connectivity index (χ1n) is 5.68. The quantitative estimate of drug-likeness (QED) is 0.846. The molecule has 0 aliphatic heterocycles. The minimum atomic E-state index is -0.517. The van der Waals surface area contributed by atoms with Gasteiger partial charge in [-0.15, -0.1) is 0 Å². The normalized spacial score (nSPS) is 10.7. The summed E-state index contributed by atoms with van der Waals surface area (Å²) in [6.45, 7) is 0. The Morgan fingerprint density at radius 1 is 1.35 bits per heavy atom. The predicted molar refractivity (Wildman–Crippen MR) is 78.8 cm³/mol. The number of aromatic amines is 1. The maximum Gasteiger partial charge on any atom is 0.271 e. The molecule has 0 unspecified atom stereocenters. The van der Waals surface area contributed by atoms with Crippen molar-refractivity contribution in [2.24, 2.45) is 0 Å². The fourth-order valence-electron chi connectivity index (χ4n) is 1.50. The van der Waals surface area contributed by atoms with Crippen molar-refractivity contribution in [2.45, 2.75) is 0 Å². The summed E-state index contributed by atoms with van der Waals surface area (Å²) < 4.78 is 14.0. The molecule has 4 nitrogen and oxygen atoms in total. The van der Waals surface area contributed by atoms with Crippen LogP contribution in [0.5, 0.6) is 0 Å². The molecule has 2 N–H and O–H groups in total. The average molecular weight is 337 g/mol. The van der Waals surface area contributed by atoms with E-state index in [1.165, 1.54) is 30.5 Å². The Hall–Kier alpha value is -2.21. The highest BCUT2D eigenvalue weighted by Gasteiger charge is 2.04. The molecule has 0 aliphatic rings. The van der Waals surface area contributed by atoms with E-state index in [1.54, 1.807) is 18.2 Å². The summed E-state index contributed by atoms with van der Waals surface area (Å²) in [6.07, 6.45) is 3.97. The molecule has 0 saturated heterocycles. The second-order valence-electron chi connectivity index (χ2n) is 3.90. The van der Waals surface area contributed by atoms with E-state index in [2.05, 4.69) is 26.2 Å². The fraction of sp³-hybridized carbons (Fsp3) is 0. The van der Waals surface area contributed by atoms with Gasteiger partial charge in [0.1, 0.15) is 11.5 Å². The maximum absolute atomic E-state index is 13.3. The number of anilines is 1. The number of carbonyl (C=O) groups is 1. The number of carbonyl (C=O) groups excluding carboxylic acids is 1. The maximum atomic E-state index is 13.3. The zero-order valence-electron chi connectivity index (χ0n) is 10.2. The van der Waals surface area contributed by atoms with Gasteiger partial charge in [0.05, 0.1) is 0 Å². The number of nitrogens with one attached hydrogen (secondary N) is 2. The number of hydrogen-bond acceptors (Lipinski definition) is 2. The van der Waals surface area contributed by atoms with Crippen LogP contribution < -0.4 is 10.9 Å². The Balaban J connectivity index is 2.12. The highest BCUT2D eigenvalue weighted by Crippen LogP contribution is 2.11. The Morgan fingerprint density at radius 3 is 2.85 bits per heavy atom. The topological polar surface area (TPSA) is 62.0 Å². The molecule has 6 heteroatoms. The summed E-state index contributed by atoms with van der Waals surface area (Å²) in [4.78, 5) is 25.6. The van der Waals surface area contributed by atoms with Crippen LogP contribution in [-0.2, 0) is 4.79 Å². The van der Waals surface area contributed by atoms with Crippen LogP contribution in [0.3, 0.4) is 0 Å². The van der Waals surface area contributed by atoms with Crippen molar-refractivity contribution >= 4 is 33.6 Å². The van der Waals surface area contributed by atoms with Crippen molar-refractivity contribution in [3.05, 3.63) is 68.8 Å². The van der Waals surface area contributed by atoms with Crippen molar-refractivity contribution in [1.29, 1.82) is 0 Å². The minimum Gasteiger partial charge on any atom is -0.326 e. The van der Waals surface area contributed by atoms with Gasteiger partial charge in [0.2, 0.25) is 5.91 Å². The monoisotopic (exact) mass is 336 g/mol. The zero-order chi connectivity index (χ0) is 14.5. The van der Waals surface area contributed by atoms with E-state index in [0.29, 0.717) is 10.0 Å². The molecule has 2 aromatic rings. The molecule has 1 aromatic heterocycles. The summed E-state index contributed by atoms with van der Waals surface area (Å²) >= 11 is 3.18. The minimum absolute atomic E-state index is 0.113. The third kappa shape index (κ3) is 3.64. The Kier molecular flexibility index (Phi) is 4.47. The summed E-state index contributed by atoms with van der Waals surface area (Å²) in [5.74, 6) is -0.936. The second-order valence-corrected chi connectivity index (χ2v) is 4.82. The fourth-order valence-corrected chi connectivity index (χ4v) is 1.84. The Labute approximate surface area is 122 Å². The standard InChI is InChI=1S/C14H10BrFN2O2/c15-10-7-12(14(20)17-8-10)18-13(19)6-5-9-3-1-2-4-11(9)16/h1-8H,(H,17,20)(H,18,19)/b6-5+. The molecule has 0 saturated carbocycles. The van der Waals surface area contributed by atoms with Crippen LogP contribution >= 0.6 is 15.9 Å². The Bertz CT molecular complexity index is 725. The van der Waals surface area contributed by atoms with Crippen molar-refractivity contribution < 1.29 is 9.18 Å². The highest BCUT2D eigenvalue weighted by molar-refractivity contribution is 9.10. The van der Waals surface area contributed by atoms with Gasteiger partial charge in [0.15, 0.2) is 0 Å². The lowest BCUT2D eigenvalue weighted by Gasteiger charge is -2.01. The van der Waals surface area contributed by atoms with Gasteiger partial charge >= 0.3 is 0 Å². The number of aromatic nitrogens is 1. The number of benzene rings is 1. The van der Waals surface area contributed by atoms with Crippen LogP contribution in [0.2, 0.25) is 0 Å². The lowest BCUT2D eigenvalue weighted by molar-refractivity contribution is -0.111. The number of rotatable bonds is 3. The summed E-state index contributed by atoms with van der Waals surface area (Å²) in [5.41, 5.74) is -0.00537. The lowest BCUT2D eigenvalue weighted by Crippen LogP contribution is -2.17. The van der Waals surface area contributed by atoms with Gasteiger partial charge in [-0.2, -0.15) is 0 Å². The van der Waals surface area contributed by atoms with Crippen LogP contribution in [0.25, 0.3) is 6.08 Å². The van der Waals surface area contributed by atoms with E-state index >= 15 is 0 Å². The lowest BCUT2D eigenvalue weighted by atomic mass is 10.2. The molecule has 1 amide bonds. The van der Waals surface area contributed by atoms with Gasteiger partial charge < -0.3 is 10.3 Å². The van der Waals surface area contributed by atoms with Gasteiger partial charge in [0.25, 0.3) is 5.56 Å². The van der Waals surface area contributed by atoms with Crippen molar-refractivity contribution in [3.8, 4) is 0 Å². The summed E-state index contributed by atoms with van der Waals surface area (Å²) in [7, 11) is 0. The molecule has 0 aliphatic carbocycles. The molecule has 0 fully saturated rings. The molecule has 20 heavy (non-hydrogen) atoms. The Morgan fingerprint density at radius 2 is 2.10 bits per heavy atom. The molecule has 0 bridgehead atoms. The number of halogens is 2. The third-order valence-electron chi connectivity index (χ3n) is 2.45. The third-order valence-corrected chi connectivity index (χ3v) is 2.90. The molecule has 0 radical (unpaired) electrons. The average Bonchev–Trinajstić information content (AvgIpc) is 2.42. The molecule has 2 rings (SSSR count). The predicted octanol–water partition coefficient (Wildman–Crippen LogP) is 2.93. The molecule has 0 atom stereocenters. The van der Waals surface area contributed by atoms with E-state index in [4.69, 9.17) is 0 Å². The van der Waals surface area contributed by atoms with E-state index in [1.807, 2.05) is 0 Å². The van der Waals surface area contributed by atoms with Gasteiger partial charge in [0, 0.05) is 22.3 Å². The van der Waals surface area contributed by atoms with Gasteiger partial charge in [-0.25, -0.2) is 4.39 Å².